The Balaban J connectivity index is 2.21. The molecule has 1 aliphatic carbocycles. The molecule has 0 aromatic heterocycles. The Morgan fingerprint density at radius 1 is 1.14 bits per heavy atom. The minimum Gasteiger partial charge on any atom is -0.481 e. The minimum absolute atomic E-state index is 0.0348. The lowest BCUT2D eigenvalue weighted by Crippen LogP contribution is -2.39. The van der Waals surface area contributed by atoms with Gasteiger partial charge in [0.15, 0.2) is 0 Å². The number of hydrogen-bond acceptors (Lipinski definition) is 5. The van der Waals surface area contributed by atoms with E-state index in [0.717, 1.165) is 0 Å². The zero-order chi connectivity index (χ0) is 16.6. The number of ether oxygens (including phenoxy) is 1. The number of rotatable bonds is 9. The maximum atomic E-state index is 11.9. The van der Waals surface area contributed by atoms with Crippen molar-refractivity contribution < 1.29 is 27.9 Å². The average Bonchev–Trinajstić information content (AvgIpc) is 2.46. The molecule has 128 valence electrons. The highest BCUT2D eigenvalue weighted by Gasteiger charge is 2.28. The third kappa shape index (κ3) is 7.22. The number of carboxylic acid groups (broad SMARTS) is 1. The zero-order valence-electron chi connectivity index (χ0n) is 12.9. The van der Waals surface area contributed by atoms with Crippen molar-refractivity contribution in [3.8, 4) is 0 Å². The first-order valence-corrected chi connectivity index (χ1v) is 9.29. The molecule has 0 atom stereocenters. The normalized spacial score (nSPS) is 22.2. The monoisotopic (exact) mass is 335 g/mol. The molecule has 1 rings (SSSR count). The van der Waals surface area contributed by atoms with Crippen LogP contribution in [0.4, 0.5) is 0 Å². The van der Waals surface area contributed by atoms with E-state index in [1.807, 2.05) is 0 Å². The van der Waals surface area contributed by atoms with Gasteiger partial charge in [-0.15, -0.1) is 0 Å². The van der Waals surface area contributed by atoms with Crippen molar-refractivity contribution in [3.63, 3.8) is 0 Å². The molecule has 0 aromatic carbocycles. The standard InChI is InChI=1S/C14H25NO6S/c1-21-13(16)5-3-2-4-10-22(19,20)15-12-8-6-11(7-9-12)14(17)18/h11-12,15H,2-10H2,1H3,(H,17,18). The number of carbonyl (C=O) groups excluding carboxylic acids is 1. The van der Waals surface area contributed by atoms with Crippen LogP contribution in [-0.4, -0.2) is 44.4 Å². The number of carboxylic acids is 1. The van der Waals surface area contributed by atoms with E-state index in [-0.39, 0.29) is 23.7 Å². The van der Waals surface area contributed by atoms with Crippen LogP contribution in [0.3, 0.4) is 0 Å². The highest BCUT2D eigenvalue weighted by Crippen LogP contribution is 2.24. The van der Waals surface area contributed by atoms with Crippen LogP contribution in [0.15, 0.2) is 0 Å². The summed E-state index contributed by atoms with van der Waals surface area (Å²) in [5.74, 6) is -1.39. The van der Waals surface area contributed by atoms with Gasteiger partial charge in [0, 0.05) is 12.5 Å². The van der Waals surface area contributed by atoms with Gasteiger partial charge in [0.1, 0.15) is 0 Å². The molecule has 0 radical (unpaired) electrons. The van der Waals surface area contributed by atoms with Crippen LogP contribution in [0.5, 0.6) is 0 Å². The van der Waals surface area contributed by atoms with Gasteiger partial charge in [-0.1, -0.05) is 6.42 Å². The summed E-state index contributed by atoms with van der Waals surface area (Å²) >= 11 is 0. The lowest BCUT2D eigenvalue weighted by molar-refractivity contribution is -0.143. The van der Waals surface area contributed by atoms with E-state index < -0.39 is 16.0 Å². The number of methoxy groups -OCH3 is 1. The molecule has 0 unspecified atom stereocenters. The summed E-state index contributed by atoms with van der Waals surface area (Å²) < 4.78 is 31.1. The van der Waals surface area contributed by atoms with E-state index in [4.69, 9.17) is 5.11 Å². The Bertz CT molecular complexity index is 468. The van der Waals surface area contributed by atoms with Crippen molar-refractivity contribution in [2.75, 3.05) is 12.9 Å². The fourth-order valence-corrected chi connectivity index (χ4v) is 4.06. The first-order valence-electron chi connectivity index (χ1n) is 7.63. The summed E-state index contributed by atoms with van der Waals surface area (Å²) in [5, 5.41) is 8.91. The third-order valence-corrected chi connectivity index (χ3v) is 5.46. The second kappa shape index (κ2) is 9.09. The van der Waals surface area contributed by atoms with Crippen LogP contribution in [-0.2, 0) is 24.3 Å². The van der Waals surface area contributed by atoms with Crippen molar-refractivity contribution in [1.29, 1.82) is 0 Å². The van der Waals surface area contributed by atoms with Gasteiger partial charge in [-0.25, -0.2) is 13.1 Å². The van der Waals surface area contributed by atoms with E-state index >= 15 is 0 Å². The van der Waals surface area contributed by atoms with Crippen molar-refractivity contribution in [3.05, 3.63) is 0 Å². The maximum absolute atomic E-state index is 11.9. The van der Waals surface area contributed by atoms with Crippen LogP contribution in [0.2, 0.25) is 0 Å². The summed E-state index contributed by atoms with van der Waals surface area (Å²) in [5.41, 5.74) is 0. The van der Waals surface area contributed by atoms with E-state index in [0.29, 0.717) is 51.4 Å². The second-order valence-corrected chi connectivity index (χ2v) is 7.58. The average molecular weight is 335 g/mol. The van der Waals surface area contributed by atoms with Gasteiger partial charge in [0.25, 0.3) is 0 Å². The summed E-state index contributed by atoms with van der Waals surface area (Å²) in [7, 11) is -2.01. The smallest absolute Gasteiger partial charge is 0.306 e. The molecule has 0 amide bonds. The number of sulfonamides is 1. The molecule has 7 nitrogen and oxygen atoms in total. The lowest BCUT2D eigenvalue weighted by Gasteiger charge is -2.26. The van der Waals surface area contributed by atoms with E-state index in [1.54, 1.807) is 0 Å². The van der Waals surface area contributed by atoms with Gasteiger partial charge < -0.3 is 9.84 Å². The van der Waals surface area contributed by atoms with Crippen LogP contribution in [0.25, 0.3) is 0 Å². The highest BCUT2D eigenvalue weighted by atomic mass is 32.2. The van der Waals surface area contributed by atoms with Gasteiger partial charge in [0.2, 0.25) is 10.0 Å². The fraction of sp³-hybridized carbons (Fsp3) is 0.857. The third-order valence-electron chi connectivity index (χ3n) is 3.94. The van der Waals surface area contributed by atoms with E-state index in [9.17, 15) is 18.0 Å². The molecule has 1 fully saturated rings. The number of unbranched alkanes of at least 4 members (excludes halogenated alkanes) is 2. The SMILES string of the molecule is COC(=O)CCCCCS(=O)(=O)NC1CCC(C(=O)O)CC1. The number of aliphatic carboxylic acids is 1. The molecule has 1 aliphatic rings. The van der Waals surface area contributed by atoms with Gasteiger partial charge in [-0.3, -0.25) is 9.59 Å². The number of nitrogens with one attached hydrogen (secondary N) is 1. The second-order valence-electron chi connectivity index (χ2n) is 5.71. The van der Waals surface area contributed by atoms with Crippen LogP contribution in [0, 0.1) is 5.92 Å². The van der Waals surface area contributed by atoms with Crippen molar-refractivity contribution in [1.82, 2.24) is 4.72 Å². The maximum Gasteiger partial charge on any atom is 0.306 e. The van der Waals surface area contributed by atoms with Crippen molar-refractivity contribution >= 4 is 22.0 Å². The molecule has 1 saturated carbocycles. The summed E-state index contributed by atoms with van der Waals surface area (Å²) in [6.45, 7) is 0. The number of hydrogen-bond donors (Lipinski definition) is 2. The molecule has 0 aromatic rings. The molecular weight excluding hydrogens is 310 g/mol. The molecular formula is C14H25NO6S. The van der Waals surface area contributed by atoms with Gasteiger partial charge >= 0.3 is 11.9 Å². The highest BCUT2D eigenvalue weighted by molar-refractivity contribution is 7.89. The predicted octanol–water partition coefficient (Wildman–Crippen LogP) is 1.28. The Hall–Kier alpha value is -1.15. The predicted molar refractivity (Wildman–Crippen MR) is 80.8 cm³/mol. The van der Waals surface area contributed by atoms with E-state index in [1.165, 1.54) is 7.11 Å². The Labute approximate surface area is 131 Å². The minimum atomic E-state index is -3.34. The zero-order valence-corrected chi connectivity index (χ0v) is 13.7. The topological polar surface area (TPSA) is 110 Å². The fourth-order valence-electron chi connectivity index (χ4n) is 2.61. The molecule has 2 N–H and O–H groups in total. The Morgan fingerprint density at radius 3 is 2.32 bits per heavy atom. The first kappa shape index (κ1) is 18.9. The lowest BCUT2D eigenvalue weighted by atomic mass is 9.87. The molecule has 0 spiro atoms. The van der Waals surface area contributed by atoms with Crippen molar-refractivity contribution in [2.45, 2.75) is 57.4 Å². The Kier molecular flexibility index (Phi) is 7.81. The Morgan fingerprint density at radius 2 is 1.77 bits per heavy atom. The van der Waals surface area contributed by atoms with Gasteiger partial charge in [-0.2, -0.15) is 0 Å². The number of esters is 1. The molecule has 22 heavy (non-hydrogen) atoms. The molecule has 0 bridgehead atoms. The number of carbonyl (C=O) groups is 2. The molecule has 0 aliphatic heterocycles. The summed E-state index contributed by atoms with van der Waals surface area (Å²) in [6, 6.07) is -0.157. The van der Waals surface area contributed by atoms with E-state index in [2.05, 4.69) is 9.46 Å². The summed E-state index contributed by atoms with van der Waals surface area (Å²) in [6.07, 6.45) is 4.24. The van der Waals surface area contributed by atoms with Crippen LogP contribution < -0.4 is 4.72 Å². The van der Waals surface area contributed by atoms with Gasteiger partial charge in [0.05, 0.1) is 18.8 Å². The van der Waals surface area contributed by atoms with Crippen LogP contribution in [0.1, 0.15) is 51.4 Å². The van der Waals surface area contributed by atoms with Gasteiger partial charge in [-0.05, 0) is 38.5 Å². The first-order chi connectivity index (χ1) is 10.3. The molecule has 8 heteroatoms. The quantitative estimate of drug-likeness (QED) is 0.485. The summed E-state index contributed by atoms with van der Waals surface area (Å²) in [4.78, 5) is 21.8. The largest absolute Gasteiger partial charge is 0.481 e. The van der Waals surface area contributed by atoms with Crippen molar-refractivity contribution in [2.24, 2.45) is 5.92 Å². The molecule has 0 heterocycles. The molecule has 0 saturated heterocycles. The van der Waals surface area contributed by atoms with Crippen LogP contribution >= 0.6 is 0 Å².